The third-order valence-electron chi connectivity index (χ3n) is 3.01. The van der Waals surface area contributed by atoms with Crippen LogP contribution in [0, 0.1) is 11.3 Å². The first-order valence-corrected chi connectivity index (χ1v) is 4.76. The Labute approximate surface area is 79.8 Å². The van der Waals surface area contributed by atoms with Crippen LogP contribution in [0.15, 0.2) is 0 Å². The van der Waals surface area contributed by atoms with Crippen molar-refractivity contribution < 1.29 is 15.0 Å². The minimum atomic E-state index is -0.775. The SMILES string of the molecule is CCC(C)(C(=O)O)C(C)C[C@H](C)O. The van der Waals surface area contributed by atoms with Gasteiger partial charge in [0.25, 0.3) is 0 Å². The molecule has 0 aromatic rings. The first-order valence-electron chi connectivity index (χ1n) is 4.76. The van der Waals surface area contributed by atoms with E-state index in [1.807, 2.05) is 13.8 Å². The fraction of sp³-hybridized carbons (Fsp3) is 0.900. The van der Waals surface area contributed by atoms with Gasteiger partial charge in [-0.25, -0.2) is 0 Å². The van der Waals surface area contributed by atoms with Crippen LogP contribution in [0.2, 0.25) is 0 Å². The molecule has 0 fully saturated rings. The zero-order valence-electron chi connectivity index (χ0n) is 8.87. The molecule has 0 aromatic carbocycles. The topological polar surface area (TPSA) is 57.5 Å². The van der Waals surface area contributed by atoms with Crippen LogP contribution >= 0.6 is 0 Å². The van der Waals surface area contributed by atoms with Crippen LogP contribution in [0.5, 0.6) is 0 Å². The van der Waals surface area contributed by atoms with Gasteiger partial charge >= 0.3 is 5.97 Å². The van der Waals surface area contributed by atoms with E-state index in [0.717, 1.165) is 0 Å². The van der Waals surface area contributed by atoms with Crippen LogP contribution in [0.3, 0.4) is 0 Å². The van der Waals surface area contributed by atoms with E-state index in [1.54, 1.807) is 13.8 Å². The average Bonchev–Trinajstić information content (AvgIpc) is 2.01. The lowest BCUT2D eigenvalue weighted by Crippen LogP contribution is -2.35. The van der Waals surface area contributed by atoms with E-state index in [2.05, 4.69) is 0 Å². The Morgan fingerprint density at radius 1 is 1.46 bits per heavy atom. The Bertz CT molecular complexity index is 177. The third kappa shape index (κ3) is 2.99. The van der Waals surface area contributed by atoms with Crippen molar-refractivity contribution in [1.29, 1.82) is 0 Å². The number of carboxylic acid groups (broad SMARTS) is 1. The van der Waals surface area contributed by atoms with E-state index >= 15 is 0 Å². The predicted molar refractivity (Wildman–Crippen MR) is 51.5 cm³/mol. The molecule has 3 atom stereocenters. The fourth-order valence-corrected chi connectivity index (χ4v) is 1.48. The van der Waals surface area contributed by atoms with Gasteiger partial charge in [-0.2, -0.15) is 0 Å². The molecule has 0 bridgehead atoms. The summed E-state index contributed by atoms with van der Waals surface area (Å²) in [6.45, 7) is 7.17. The van der Waals surface area contributed by atoms with Gasteiger partial charge in [0.05, 0.1) is 11.5 Å². The Morgan fingerprint density at radius 3 is 2.15 bits per heavy atom. The second kappa shape index (κ2) is 4.61. The van der Waals surface area contributed by atoms with E-state index in [9.17, 15) is 9.90 Å². The Morgan fingerprint density at radius 2 is 1.92 bits per heavy atom. The Hall–Kier alpha value is -0.570. The summed E-state index contributed by atoms with van der Waals surface area (Å²) >= 11 is 0. The first-order chi connectivity index (χ1) is 5.84. The van der Waals surface area contributed by atoms with Gasteiger partial charge in [-0.3, -0.25) is 4.79 Å². The standard InChI is InChI=1S/C10H20O3/c1-5-10(4,9(12)13)7(2)6-8(3)11/h7-8,11H,5-6H2,1-4H3,(H,12,13)/t7?,8-,10?/m0/s1. The number of carboxylic acids is 1. The summed E-state index contributed by atoms with van der Waals surface area (Å²) in [4.78, 5) is 11.0. The molecule has 0 amide bonds. The normalized spacial score (nSPS) is 20.4. The van der Waals surface area contributed by atoms with Gasteiger partial charge in [0.15, 0.2) is 0 Å². The lowest BCUT2D eigenvalue weighted by atomic mass is 9.73. The number of hydrogen-bond donors (Lipinski definition) is 2. The van der Waals surface area contributed by atoms with E-state index < -0.39 is 17.5 Å². The molecule has 0 aliphatic rings. The lowest BCUT2D eigenvalue weighted by molar-refractivity contribution is -0.151. The summed E-state index contributed by atoms with van der Waals surface area (Å²) in [6, 6.07) is 0. The lowest BCUT2D eigenvalue weighted by Gasteiger charge is -2.31. The maximum Gasteiger partial charge on any atom is 0.309 e. The van der Waals surface area contributed by atoms with Crippen molar-refractivity contribution in [3.8, 4) is 0 Å². The maximum absolute atomic E-state index is 11.0. The fourth-order valence-electron chi connectivity index (χ4n) is 1.48. The van der Waals surface area contributed by atoms with Crippen molar-refractivity contribution in [3.05, 3.63) is 0 Å². The zero-order chi connectivity index (χ0) is 10.6. The van der Waals surface area contributed by atoms with Crippen molar-refractivity contribution in [2.45, 2.75) is 46.6 Å². The molecule has 2 N–H and O–H groups in total. The van der Waals surface area contributed by atoms with E-state index in [-0.39, 0.29) is 5.92 Å². The number of aliphatic hydroxyl groups is 1. The zero-order valence-corrected chi connectivity index (χ0v) is 8.87. The van der Waals surface area contributed by atoms with E-state index in [1.165, 1.54) is 0 Å². The van der Waals surface area contributed by atoms with Gasteiger partial charge in [0.2, 0.25) is 0 Å². The second-order valence-corrected chi connectivity index (χ2v) is 4.06. The number of hydrogen-bond acceptors (Lipinski definition) is 2. The number of aliphatic hydroxyl groups excluding tert-OH is 1. The smallest absolute Gasteiger partial charge is 0.309 e. The Balaban J connectivity index is 4.47. The van der Waals surface area contributed by atoms with Crippen molar-refractivity contribution in [2.24, 2.45) is 11.3 Å². The van der Waals surface area contributed by atoms with Crippen molar-refractivity contribution in [1.82, 2.24) is 0 Å². The molecule has 78 valence electrons. The molecule has 0 spiro atoms. The van der Waals surface area contributed by atoms with Crippen molar-refractivity contribution in [3.63, 3.8) is 0 Å². The third-order valence-corrected chi connectivity index (χ3v) is 3.01. The molecule has 0 rings (SSSR count). The van der Waals surface area contributed by atoms with Gasteiger partial charge in [0, 0.05) is 0 Å². The van der Waals surface area contributed by atoms with Gasteiger partial charge in [-0.1, -0.05) is 13.8 Å². The summed E-state index contributed by atoms with van der Waals surface area (Å²) < 4.78 is 0. The van der Waals surface area contributed by atoms with E-state index in [4.69, 9.17) is 5.11 Å². The molecular formula is C10H20O3. The summed E-state index contributed by atoms with van der Waals surface area (Å²) in [5, 5.41) is 18.2. The maximum atomic E-state index is 11.0. The molecule has 3 nitrogen and oxygen atoms in total. The van der Waals surface area contributed by atoms with Crippen LogP contribution < -0.4 is 0 Å². The minimum Gasteiger partial charge on any atom is -0.481 e. The average molecular weight is 188 g/mol. The highest BCUT2D eigenvalue weighted by Crippen LogP contribution is 2.34. The van der Waals surface area contributed by atoms with Crippen molar-refractivity contribution in [2.75, 3.05) is 0 Å². The highest BCUT2D eigenvalue weighted by atomic mass is 16.4. The number of carbonyl (C=O) groups is 1. The van der Waals surface area contributed by atoms with E-state index in [0.29, 0.717) is 12.8 Å². The van der Waals surface area contributed by atoms with Crippen LogP contribution in [0.4, 0.5) is 0 Å². The van der Waals surface area contributed by atoms with Gasteiger partial charge in [0.1, 0.15) is 0 Å². The molecule has 0 saturated heterocycles. The first kappa shape index (κ1) is 12.4. The molecule has 0 heterocycles. The molecule has 0 radical (unpaired) electrons. The number of aliphatic carboxylic acids is 1. The summed E-state index contributed by atoms with van der Waals surface area (Å²) in [7, 11) is 0. The highest BCUT2D eigenvalue weighted by molar-refractivity contribution is 5.74. The van der Waals surface area contributed by atoms with Crippen molar-refractivity contribution >= 4 is 5.97 Å². The second-order valence-electron chi connectivity index (χ2n) is 4.06. The molecular weight excluding hydrogens is 168 g/mol. The monoisotopic (exact) mass is 188 g/mol. The molecule has 13 heavy (non-hydrogen) atoms. The van der Waals surface area contributed by atoms with Gasteiger partial charge in [-0.05, 0) is 32.6 Å². The van der Waals surface area contributed by atoms with Crippen LogP contribution in [0.25, 0.3) is 0 Å². The van der Waals surface area contributed by atoms with Crippen LogP contribution in [-0.4, -0.2) is 22.3 Å². The van der Waals surface area contributed by atoms with Gasteiger partial charge in [-0.15, -0.1) is 0 Å². The molecule has 2 unspecified atom stereocenters. The largest absolute Gasteiger partial charge is 0.481 e. The van der Waals surface area contributed by atoms with Crippen LogP contribution in [-0.2, 0) is 4.79 Å². The summed E-state index contributed by atoms with van der Waals surface area (Å²) in [5.41, 5.74) is -0.711. The summed E-state index contributed by atoms with van der Waals surface area (Å²) in [5.74, 6) is -0.779. The molecule has 0 aromatic heterocycles. The van der Waals surface area contributed by atoms with Crippen LogP contribution in [0.1, 0.15) is 40.5 Å². The minimum absolute atomic E-state index is 0.00463. The predicted octanol–water partition coefficient (Wildman–Crippen LogP) is 1.89. The molecule has 0 saturated carbocycles. The quantitative estimate of drug-likeness (QED) is 0.692. The molecule has 3 heteroatoms. The molecule has 0 aliphatic carbocycles. The molecule has 0 aliphatic heterocycles. The Kier molecular flexibility index (Phi) is 4.40. The summed E-state index contributed by atoms with van der Waals surface area (Å²) in [6.07, 6.45) is 0.701. The van der Waals surface area contributed by atoms with Gasteiger partial charge < -0.3 is 10.2 Å². The highest BCUT2D eigenvalue weighted by Gasteiger charge is 2.37. The number of rotatable bonds is 5.